The monoisotopic (exact) mass is 316 g/mol. The van der Waals surface area contributed by atoms with E-state index >= 15 is 0 Å². The van der Waals surface area contributed by atoms with Gasteiger partial charge in [0.1, 0.15) is 0 Å². The predicted molar refractivity (Wildman–Crippen MR) is 69.8 cm³/mol. The SMILES string of the molecule is COCCCn1c(=O)c2[nH]c(Br)nc2n(C)c1=O. The number of aromatic amines is 1. The van der Waals surface area contributed by atoms with Crippen molar-refractivity contribution in [2.75, 3.05) is 13.7 Å². The molecule has 0 fully saturated rings. The molecule has 0 atom stereocenters. The van der Waals surface area contributed by atoms with Crippen LogP contribution >= 0.6 is 15.9 Å². The van der Waals surface area contributed by atoms with Crippen molar-refractivity contribution in [1.82, 2.24) is 19.1 Å². The molecular weight excluding hydrogens is 304 g/mol. The van der Waals surface area contributed by atoms with E-state index in [2.05, 4.69) is 25.9 Å². The maximum atomic E-state index is 12.1. The zero-order chi connectivity index (χ0) is 13.3. The van der Waals surface area contributed by atoms with Crippen molar-refractivity contribution >= 4 is 27.1 Å². The molecule has 8 heteroatoms. The molecular formula is C10H13BrN4O3. The molecule has 2 rings (SSSR count). The second-order valence-corrected chi connectivity index (χ2v) is 4.62. The van der Waals surface area contributed by atoms with Crippen molar-refractivity contribution < 1.29 is 4.74 Å². The second-order valence-electron chi connectivity index (χ2n) is 3.87. The molecule has 7 nitrogen and oxygen atoms in total. The lowest BCUT2D eigenvalue weighted by Crippen LogP contribution is -2.39. The number of aryl methyl sites for hydroxylation is 1. The highest BCUT2D eigenvalue weighted by Crippen LogP contribution is 2.09. The molecule has 98 valence electrons. The Morgan fingerprint density at radius 3 is 2.83 bits per heavy atom. The van der Waals surface area contributed by atoms with Crippen LogP contribution in [-0.2, 0) is 18.3 Å². The number of aromatic nitrogens is 4. The van der Waals surface area contributed by atoms with E-state index in [9.17, 15) is 9.59 Å². The standard InChI is InChI=1S/C10H13BrN4O3/c1-14-7-6(12-9(11)13-7)8(16)15(10(14)17)4-3-5-18-2/h3-5H2,1-2H3,(H,12,13). The summed E-state index contributed by atoms with van der Waals surface area (Å²) in [5, 5.41) is 0. The molecule has 0 aliphatic rings. The van der Waals surface area contributed by atoms with Gasteiger partial charge in [-0.1, -0.05) is 0 Å². The topological polar surface area (TPSA) is 81.9 Å². The van der Waals surface area contributed by atoms with E-state index in [1.54, 1.807) is 14.2 Å². The third kappa shape index (κ3) is 2.13. The van der Waals surface area contributed by atoms with Crippen molar-refractivity contribution in [3.05, 3.63) is 25.6 Å². The quantitative estimate of drug-likeness (QED) is 0.646. The van der Waals surface area contributed by atoms with Gasteiger partial charge >= 0.3 is 5.69 Å². The first-order valence-electron chi connectivity index (χ1n) is 5.40. The van der Waals surface area contributed by atoms with Gasteiger partial charge in [-0.15, -0.1) is 0 Å². The van der Waals surface area contributed by atoms with Crippen LogP contribution in [0.15, 0.2) is 14.3 Å². The summed E-state index contributed by atoms with van der Waals surface area (Å²) in [5.74, 6) is 0. The van der Waals surface area contributed by atoms with E-state index in [-0.39, 0.29) is 11.2 Å². The minimum absolute atomic E-state index is 0.321. The highest BCUT2D eigenvalue weighted by Gasteiger charge is 2.14. The van der Waals surface area contributed by atoms with Crippen LogP contribution in [0.1, 0.15) is 6.42 Å². The fourth-order valence-corrected chi connectivity index (χ4v) is 2.15. The Balaban J connectivity index is 2.60. The highest BCUT2D eigenvalue weighted by molar-refractivity contribution is 9.10. The minimum Gasteiger partial charge on any atom is -0.385 e. The van der Waals surface area contributed by atoms with Gasteiger partial charge in [-0.3, -0.25) is 13.9 Å². The Morgan fingerprint density at radius 1 is 1.44 bits per heavy atom. The van der Waals surface area contributed by atoms with Gasteiger partial charge in [0.15, 0.2) is 15.9 Å². The minimum atomic E-state index is -0.373. The van der Waals surface area contributed by atoms with Gasteiger partial charge in [0.2, 0.25) is 0 Å². The van der Waals surface area contributed by atoms with Crippen LogP contribution in [0.4, 0.5) is 0 Å². The Hall–Kier alpha value is -1.41. The van der Waals surface area contributed by atoms with Crippen molar-refractivity contribution in [2.24, 2.45) is 7.05 Å². The number of methoxy groups -OCH3 is 1. The molecule has 18 heavy (non-hydrogen) atoms. The number of hydrogen-bond acceptors (Lipinski definition) is 4. The molecule has 0 amide bonds. The highest BCUT2D eigenvalue weighted by atomic mass is 79.9. The first kappa shape index (κ1) is 13.0. The van der Waals surface area contributed by atoms with Gasteiger partial charge in [0.25, 0.3) is 5.56 Å². The predicted octanol–water partition coefficient (Wildman–Crippen LogP) is 0.222. The number of imidazole rings is 1. The number of nitrogens with zero attached hydrogens (tertiary/aromatic N) is 3. The summed E-state index contributed by atoms with van der Waals surface area (Å²) >= 11 is 3.16. The largest absolute Gasteiger partial charge is 0.385 e. The lowest BCUT2D eigenvalue weighted by atomic mass is 10.4. The fourth-order valence-electron chi connectivity index (χ4n) is 1.79. The number of rotatable bonds is 4. The van der Waals surface area contributed by atoms with Gasteiger partial charge in [0.05, 0.1) is 0 Å². The second kappa shape index (κ2) is 5.07. The zero-order valence-electron chi connectivity index (χ0n) is 10.1. The van der Waals surface area contributed by atoms with E-state index in [0.717, 1.165) is 0 Å². The van der Waals surface area contributed by atoms with Crippen LogP contribution in [0.5, 0.6) is 0 Å². The first-order chi connectivity index (χ1) is 8.56. The molecule has 0 radical (unpaired) electrons. The summed E-state index contributed by atoms with van der Waals surface area (Å²) in [4.78, 5) is 31.0. The van der Waals surface area contributed by atoms with E-state index in [1.807, 2.05) is 0 Å². The number of H-pyrrole nitrogens is 1. The lowest BCUT2D eigenvalue weighted by molar-refractivity contribution is 0.189. The molecule has 0 spiro atoms. The molecule has 0 aromatic carbocycles. The number of nitrogens with one attached hydrogen (secondary N) is 1. The van der Waals surface area contributed by atoms with Gasteiger partial charge < -0.3 is 9.72 Å². The third-order valence-corrected chi connectivity index (χ3v) is 3.06. The van der Waals surface area contributed by atoms with Gasteiger partial charge in [-0.25, -0.2) is 9.78 Å². The van der Waals surface area contributed by atoms with E-state index < -0.39 is 0 Å². The fraction of sp³-hybridized carbons (Fsp3) is 0.500. The van der Waals surface area contributed by atoms with Crippen LogP contribution in [0, 0.1) is 0 Å². The Bertz CT molecular complexity index is 685. The van der Waals surface area contributed by atoms with Crippen molar-refractivity contribution in [3.8, 4) is 0 Å². The van der Waals surface area contributed by atoms with Crippen LogP contribution in [0.3, 0.4) is 0 Å². The molecule has 2 aromatic rings. The molecule has 0 aliphatic carbocycles. The molecule has 0 unspecified atom stereocenters. The summed E-state index contributed by atoms with van der Waals surface area (Å²) in [6.45, 7) is 0.826. The average molecular weight is 317 g/mol. The molecule has 1 N–H and O–H groups in total. The number of hydrogen-bond donors (Lipinski definition) is 1. The van der Waals surface area contributed by atoms with Crippen molar-refractivity contribution in [2.45, 2.75) is 13.0 Å². The normalized spacial score (nSPS) is 11.3. The number of fused-ring (bicyclic) bond motifs is 1. The summed E-state index contributed by atoms with van der Waals surface area (Å²) in [6.07, 6.45) is 0.604. The van der Waals surface area contributed by atoms with Gasteiger partial charge in [-0.2, -0.15) is 0 Å². The number of halogens is 1. The van der Waals surface area contributed by atoms with E-state index in [0.29, 0.717) is 35.5 Å². The summed E-state index contributed by atoms with van der Waals surface area (Å²) < 4.78 is 7.88. The van der Waals surface area contributed by atoms with Gasteiger partial charge in [0, 0.05) is 27.3 Å². The molecule has 2 aromatic heterocycles. The third-order valence-electron chi connectivity index (χ3n) is 2.68. The Kier molecular flexibility index (Phi) is 3.67. The lowest BCUT2D eigenvalue weighted by Gasteiger charge is -2.06. The molecule has 0 saturated heterocycles. The van der Waals surface area contributed by atoms with Crippen molar-refractivity contribution in [1.29, 1.82) is 0 Å². The average Bonchev–Trinajstić information content (AvgIpc) is 2.73. The van der Waals surface area contributed by atoms with E-state index in [1.165, 1.54) is 9.13 Å². The molecule has 2 heterocycles. The van der Waals surface area contributed by atoms with E-state index in [4.69, 9.17) is 4.74 Å². The molecule has 0 saturated carbocycles. The first-order valence-corrected chi connectivity index (χ1v) is 6.19. The van der Waals surface area contributed by atoms with Crippen LogP contribution in [0.2, 0.25) is 0 Å². The van der Waals surface area contributed by atoms with Crippen LogP contribution < -0.4 is 11.2 Å². The smallest absolute Gasteiger partial charge is 0.332 e. The number of ether oxygens (including phenoxy) is 1. The van der Waals surface area contributed by atoms with Crippen LogP contribution in [0.25, 0.3) is 11.2 Å². The summed E-state index contributed by atoms with van der Waals surface area (Å²) in [5.41, 5.74) is -0.0636. The summed E-state index contributed by atoms with van der Waals surface area (Å²) in [6, 6.07) is 0. The zero-order valence-corrected chi connectivity index (χ0v) is 11.7. The van der Waals surface area contributed by atoms with Crippen LogP contribution in [-0.4, -0.2) is 32.8 Å². The maximum Gasteiger partial charge on any atom is 0.332 e. The summed E-state index contributed by atoms with van der Waals surface area (Å²) in [7, 11) is 3.17. The maximum absolute atomic E-state index is 12.1. The Labute approximate surface area is 111 Å². The van der Waals surface area contributed by atoms with Gasteiger partial charge in [-0.05, 0) is 22.4 Å². The molecule has 0 aliphatic heterocycles. The molecule has 0 bridgehead atoms. The Morgan fingerprint density at radius 2 is 2.17 bits per heavy atom. The van der Waals surface area contributed by atoms with Crippen molar-refractivity contribution in [3.63, 3.8) is 0 Å².